The first-order chi connectivity index (χ1) is 23.2. The second kappa shape index (κ2) is 11.5. The molecule has 8 rings (SSSR count). The van der Waals surface area contributed by atoms with Crippen molar-refractivity contribution in [3.63, 3.8) is 0 Å². The van der Waals surface area contributed by atoms with E-state index in [0.29, 0.717) is 22.0 Å². The summed E-state index contributed by atoms with van der Waals surface area (Å²) in [6.45, 7) is -0.205. The Labute approximate surface area is 283 Å². The lowest BCUT2D eigenvalue weighted by Crippen LogP contribution is -2.53. The summed E-state index contributed by atoms with van der Waals surface area (Å²) in [6, 6.07) is 19.2. The van der Waals surface area contributed by atoms with Crippen molar-refractivity contribution in [1.82, 2.24) is 9.91 Å². The van der Waals surface area contributed by atoms with Crippen LogP contribution in [0.15, 0.2) is 94.2 Å². The molecule has 244 valence electrons. The van der Waals surface area contributed by atoms with E-state index in [1.54, 1.807) is 36.4 Å². The molecule has 0 spiro atoms. The Morgan fingerprint density at radius 1 is 0.958 bits per heavy atom. The zero-order valence-electron chi connectivity index (χ0n) is 25.3. The highest BCUT2D eigenvalue weighted by Gasteiger charge is 2.71. The van der Waals surface area contributed by atoms with Crippen molar-refractivity contribution in [3.8, 4) is 0 Å². The number of benzene rings is 2. The Kier molecular flexibility index (Phi) is 7.39. The maximum absolute atomic E-state index is 15.0. The number of fused-ring (bicyclic) bond motifs is 4. The highest BCUT2D eigenvalue weighted by molar-refractivity contribution is 7.09. The number of nitrogens with zero attached hydrogens (tertiary/aromatic N) is 2. The van der Waals surface area contributed by atoms with E-state index in [2.05, 4.69) is 5.43 Å². The van der Waals surface area contributed by atoms with E-state index in [9.17, 15) is 23.9 Å². The molecule has 9 nitrogen and oxygen atoms in total. The normalized spacial score (nSPS) is 28.0. The smallest absolute Gasteiger partial charge is 0.260 e. The van der Waals surface area contributed by atoms with Crippen LogP contribution in [0.25, 0.3) is 0 Å². The molecule has 2 aromatic carbocycles. The van der Waals surface area contributed by atoms with E-state index in [1.165, 1.54) is 40.5 Å². The van der Waals surface area contributed by atoms with Gasteiger partial charge in [0, 0.05) is 9.90 Å². The van der Waals surface area contributed by atoms with Crippen LogP contribution in [0.2, 0.25) is 5.02 Å². The lowest BCUT2D eigenvalue weighted by atomic mass is 9.50. The van der Waals surface area contributed by atoms with Crippen LogP contribution in [0, 0.1) is 29.5 Å². The number of hydrazine groups is 1. The monoisotopic (exact) mass is 685 g/mol. The summed E-state index contributed by atoms with van der Waals surface area (Å²) in [5.74, 6) is -5.17. The summed E-state index contributed by atoms with van der Waals surface area (Å²) in [6.07, 6.45) is 2.35. The van der Waals surface area contributed by atoms with E-state index >= 15 is 4.79 Å². The van der Waals surface area contributed by atoms with Crippen molar-refractivity contribution in [1.29, 1.82) is 0 Å². The second-order valence-corrected chi connectivity index (χ2v) is 14.1. The number of thiophene rings is 1. The van der Waals surface area contributed by atoms with Crippen molar-refractivity contribution in [2.75, 3.05) is 5.43 Å². The molecule has 48 heavy (non-hydrogen) atoms. The summed E-state index contributed by atoms with van der Waals surface area (Å²) in [4.78, 5) is 59.8. The van der Waals surface area contributed by atoms with Crippen molar-refractivity contribution in [2.45, 2.75) is 37.3 Å². The lowest BCUT2D eigenvalue weighted by molar-refractivity contribution is -0.141. The maximum Gasteiger partial charge on any atom is 0.260 e. The molecule has 0 radical (unpaired) electrons. The number of rotatable bonds is 7. The number of allylic oxidation sites excluding steroid dienone is 2. The molecule has 2 aromatic heterocycles. The predicted molar refractivity (Wildman–Crippen MR) is 174 cm³/mol. The largest absolute Gasteiger partial charge is 0.463 e. The minimum absolute atomic E-state index is 0.123. The molecule has 3 fully saturated rings. The van der Waals surface area contributed by atoms with Crippen LogP contribution in [0.5, 0.6) is 0 Å². The second-order valence-electron chi connectivity index (χ2n) is 12.7. The van der Waals surface area contributed by atoms with Gasteiger partial charge in [-0.2, -0.15) is 5.01 Å². The van der Waals surface area contributed by atoms with Gasteiger partial charge in [0.25, 0.3) is 11.8 Å². The molecule has 0 unspecified atom stereocenters. The van der Waals surface area contributed by atoms with Crippen molar-refractivity contribution in [3.05, 3.63) is 123 Å². The lowest BCUT2D eigenvalue weighted by Gasteiger charge is -2.49. The number of likely N-dealkylation sites (tertiary alicyclic amines) is 1. The average molecular weight is 686 g/mol. The number of imide groups is 2. The Hall–Kier alpha value is -4.58. The first-order valence-corrected chi connectivity index (χ1v) is 16.9. The summed E-state index contributed by atoms with van der Waals surface area (Å²) < 4.78 is 20.0. The quantitative estimate of drug-likeness (QED) is 0.186. The van der Waals surface area contributed by atoms with Gasteiger partial charge in [-0.1, -0.05) is 41.4 Å². The van der Waals surface area contributed by atoms with Gasteiger partial charge >= 0.3 is 0 Å². The molecule has 4 aromatic rings. The van der Waals surface area contributed by atoms with Crippen LogP contribution in [0.3, 0.4) is 0 Å². The van der Waals surface area contributed by atoms with Crippen LogP contribution in [-0.4, -0.2) is 38.6 Å². The number of carbonyl (C=O) groups excluding carboxylic acids is 4. The fraction of sp³-hybridized carbons (Fsp3) is 0.278. The molecular formula is C36H29ClFN3O6S. The third-order valence-electron chi connectivity index (χ3n) is 10.4. The average Bonchev–Trinajstić information content (AvgIpc) is 3.88. The number of aliphatic hydroxyl groups is 1. The fourth-order valence-corrected chi connectivity index (χ4v) is 9.20. The number of halogens is 2. The van der Waals surface area contributed by atoms with Crippen molar-refractivity contribution >= 4 is 52.3 Å². The SMILES string of the molecule is O=C1[C@H]2[C@H](CC=C3[C@H]2C[C@H]2C(=O)N(Nc4ccc(F)cc4)C(=O)[C@@]2(c2ccc(Cl)cc2)[C@H]3c2ccc(CO)o2)C(=O)N1Cc1cccs1. The topological polar surface area (TPSA) is 120 Å². The van der Waals surface area contributed by atoms with E-state index in [4.69, 9.17) is 16.0 Å². The molecule has 2 aliphatic heterocycles. The molecule has 2 N–H and O–H groups in total. The van der Waals surface area contributed by atoms with Crippen LogP contribution < -0.4 is 5.43 Å². The van der Waals surface area contributed by atoms with E-state index in [1.807, 2.05) is 23.6 Å². The molecule has 1 saturated carbocycles. The molecule has 0 bridgehead atoms. The Balaban J connectivity index is 1.29. The minimum atomic E-state index is -1.54. The van der Waals surface area contributed by atoms with E-state index in [0.717, 1.165) is 15.5 Å². The van der Waals surface area contributed by atoms with Crippen LogP contribution in [0.4, 0.5) is 10.1 Å². The molecule has 12 heteroatoms. The van der Waals surface area contributed by atoms with Gasteiger partial charge in [-0.3, -0.25) is 29.5 Å². The predicted octanol–water partition coefficient (Wildman–Crippen LogP) is 5.81. The zero-order valence-corrected chi connectivity index (χ0v) is 26.9. The number of aliphatic hydroxyl groups excluding tert-OH is 1. The summed E-state index contributed by atoms with van der Waals surface area (Å²) >= 11 is 7.78. The van der Waals surface area contributed by atoms with Gasteiger partial charge in [-0.25, -0.2) is 4.39 Å². The van der Waals surface area contributed by atoms with Crippen molar-refractivity contribution < 1.29 is 33.1 Å². The number of hydrogen-bond acceptors (Lipinski definition) is 8. The van der Waals surface area contributed by atoms with E-state index in [-0.39, 0.29) is 43.6 Å². The van der Waals surface area contributed by atoms with E-state index < -0.39 is 52.6 Å². The Morgan fingerprint density at radius 3 is 2.42 bits per heavy atom. The van der Waals surface area contributed by atoms with Crippen LogP contribution >= 0.6 is 22.9 Å². The highest BCUT2D eigenvalue weighted by Crippen LogP contribution is 2.64. The summed E-state index contributed by atoms with van der Waals surface area (Å²) in [5.41, 5.74) is 2.97. The Bertz CT molecular complexity index is 1980. The van der Waals surface area contributed by atoms with Gasteiger partial charge in [0.2, 0.25) is 11.8 Å². The van der Waals surface area contributed by atoms with Gasteiger partial charge in [-0.15, -0.1) is 11.3 Å². The first-order valence-electron chi connectivity index (χ1n) is 15.7. The molecule has 2 saturated heterocycles. The van der Waals surface area contributed by atoms with Gasteiger partial charge in [0.1, 0.15) is 29.4 Å². The van der Waals surface area contributed by atoms with Gasteiger partial charge in [0.15, 0.2) is 0 Å². The standard InChI is InChI=1S/C36H29ClFN3O6S/c37-20-5-3-19(4-6-20)36-28(33(44)41(35(36)46)39-22-9-7-21(38)8-10-22)16-27-25(31(36)29-14-11-23(18-42)47-29)12-13-26-30(27)34(45)40(32(26)43)17-24-2-1-15-48-24/h1-12,14-15,26-28,30-31,39,42H,13,16-18H2/t26-,27+,28-,30-,31+,36+/m0/s1. The number of nitrogens with one attached hydrogen (secondary N) is 1. The van der Waals surface area contributed by atoms with Crippen LogP contribution in [0.1, 0.15) is 40.7 Å². The number of anilines is 1. The molecule has 6 atom stereocenters. The minimum Gasteiger partial charge on any atom is -0.463 e. The molecule has 4 heterocycles. The third-order valence-corrected chi connectivity index (χ3v) is 11.5. The molecule has 4 aliphatic rings. The Morgan fingerprint density at radius 2 is 1.73 bits per heavy atom. The number of carbonyl (C=O) groups is 4. The van der Waals surface area contributed by atoms with Crippen LogP contribution in [-0.2, 0) is 37.7 Å². The first kappa shape index (κ1) is 30.7. The van der Waals surface area contributed by atoms with Gasteiger partial charge in [-0.05, 0) is 84.3 Å². The molecule has 2 aliphatic carbocycles. The molecular weight excluding hydrogens is 657 g/mol. The summed E-state index contributed by atoms with van der Waals surface area (Å²) in [5, 5.41) is 13.3. The van der Waals surface area contributed by atoms with Gasteiger partial charge in [0.05, 0.1) is 35.9 Å². The fourth-order valence-electron chi connectivity index (χ4n) is 8.38. The number of furan rings is 1. The maximum atomic E-state index is 15.0. The summed E-state index contributed by atoms with van der Waals surface area (Å²) in [7, 11) is 0. The van der Waals surface area contributed by atoms with Crippen molar-refractivity contribution in [2.24, 2.45) is 23.7 Å². The third kappa shape index (κ3) is 4.52. The molecule has 4 amide bonds. The number of hydrogen-bond donors (Lipinski definition) is 2. The number of amides is 4. The zero-order chi connectivity index (χ0) is 33.3. The van der Waals surface area contributed by atoms with Gasteiger partial charge < -0.3 is 9.52 Å². The highest BCUT2D eigenvalue weighted by atomic mass is 35.5.